The van der Waals surface area contributed by atoms with Gasteiger partial charge in [-0.05, 0) is 56.2 Å². The smallest absolute Gasteiger partial charge is 0.358 e. The molecule has 7 nitrogen and oxygen atoms in total. The predicted molar refractivity (Wildman–Crippen MR) is 125 cm³/mol. The van der Waals surface area contributed by atoms with Crippen LogP contribution in [0.3, 0.4) is 0 Å². The molecule has 0 aliphatic rings. The van der Waals surface area contributed by atoms with Gasteiger partial charge in [-0.3, -0.25) is 9.69 Å². The molecule has 0 unspecified atom stereocenters. The molecular weight excluding hydrogens is 446 g/mol. The van der Waals surface area contributed by atoms with Crippen LogP contribution in [0.1, 0.15) is 39.1 Å². The number of hydrogen-bond acceptors (Lipinski definition) is 8. The minimum absolute atomic E-state index is 0.0128. The van der Waals surface area contributed by atoms with Crippen LogP contribution in [0.2, 0.25) is 0 Å². The van der Waals surface area contributed by atoms with Gasteiger partial charge in [0.1, 0.15) is 6.61 Å². The quantitative estimate of drug-likeness (QED) is 0.332. The third kappa shape index (κ3) is 4.49. The lowest BCUT2D eigenvalue weighted by molar-refractivity contribution is -0.115. The molecule has 4 aromatic rings. The van der Waals surface area contributed by atoms with Gasteiger partial charge < -0.3 is 9.15 Å². The number of benzene rings is 1. The molecule has 0 bridgehead atoms. The van der Waals surface area contributed by atoms with Crippen molar-refractivity contribution in [3.05, 3.63) is 69.4 Å². The Morgan fingerprint density at radius 2 is 1.94 bits per heavy atom. The summed E-state index contributed by atoms with van der Waals surface area (Å²) in [5.41, 5.74) is 3.82. The maximum atomic E-state index is 12.6. The summed E-state index contributed by atoms with van der Waals surface area (Å²) in [5, 5.41) is 2.93. The molecule has 0 spiro atoms. The number of furan rings is 1. The number of amides is 1. The van der Waals surface area contributed by atoms with E-state index >= 15 is 0 Å². The predicted octanol–water partition coefficient (Wildman–Crippen LogP) is 5.83. The molecule has 0 aliphatic carbocycles. The maximum absolute atomic E-state index is 12.6. The van der Waals surface area contributed by atoms with Gasteiger partial charge >= 0.3 is 5.97 Å². The van der Waals surface area contributed by atoms with Gasteiger partial charge in [0.05, 0.1) is 17.6 Å². The van der Waals surface area contributed by atoms with Crippen LogP contribution in [0.25, 0.3) is 10.8 Å². The maximum Gasteiger partial charge on any atom is 0.358 e. The SMILES string of the molecule is CC(=O)N(c1ccc(C)c(C)c1)c1nc(COC(=O)c2nc(-c3ccco3)sc2C)cs1. The summed E-state index contributed by atoms with van der Waals surface area (Å²) in [5.74, 6) is -0.0599. The highest BCUT2D eigenvalue weighted by Crippen LogP contribution is 2.31. The van der Waals surface area contributed by atoms with Crippen LogP contribution in [-0.4, -0.2) is 21.8 Å². The Morgan fingerprint density at radius 1 is 1.12 bits per heavy atom. The molecule has 9 heteroatoms. The Morgan fingerprint density at radius 3 is 2.62 bits per heavy atom. The van der Waals surface area contributed by atoms with Crippen LogP contribution in [0.15, 0.2) is 46.4 Å². The number of thiazole rings is 2. The summed E-state index contributed by atoms with van der Waals surface area (Å²) in [4.78, 5) is 36.1. The molecule has 164 valence electrons. The van der Waals surface area contributed by atoms with Crippen molar-refractivity contribution < 1.29 is 18.7 Å². The Kier molecular flexibility index (Phi) is 6.20. The molecule has 0 N–H and O–H groups in total. The Labute approximate surface area is 193 Å². The first kappa shape index (κ1) is 21.9. The van der Waals surface area contributed by atoms with Crippen molar-refractivity contribution in [2.45, 2.75) is 34.3 Å². The average molecular weight is 468 g/mol. The van der Waals surface area contributed by atoms with E-state index in [4.69, 9.17) is 9.15 Å². The van der Waals surface area contributed by atoms with Gasteiger partial charge in [-0.15, -0.1) is 22.7 Å². The van der Waals surface area contributed by atoms with E-state index in [1.54, 1.807) is 28.7 Å². The molecule has 4 rings (SSSR count). The zero-order valence-electron chi connectivity index (χ0n) is 18.0. The molecule has 0 saturated carbocycles. The van der Waals surface area contributed by atoms with Crippen molar-refractivity contribution in [1.29, 1.82) is 0 Å². The number of hydrogen-bond donors (Lipinski definition) is 0. The molecule has 0 fully saturated rings. The van der Waals surface area contributed by atoms with Gasteiger partial charge in [-0.1, -0.05) is 6.07 Å². The normalized spacial score (nSPS) is 10.9. The topological polar surface area (TPSA) is 85.5 Å². The third-order valence-corrected chi connectivity index (χ3v) is 6.73. The second kappa shape index (κ2) is 9.05. The van der Waals surface area contributed by atoms with Gasteiger partial charge in [0.25, 0.3) is 0 Å². The van der Waals surface area contributed by atoms with Crippen molar-refractivity contribution in [2.24, 2.45) is 0 Å². The molecule has 1 aromatic carbocycles. The number of nitrogens with zero attached hydrogens (tertiary/aromatic N) is 3. The molecule has 0 radical (unpaired) electrons. The Bertz CT molecular complexity index is 1270. The average Bonchev–Trinajstić information content (AvgIpc) is 3.50. The standard InChI is InChI=1S/C23H21N3O4S2/c1-13-7-8-18(10-14(13)2)26(16(4)27)23-24-17(12-31-23)11-30-22(28)20-15(3)32-21(25-20)19-6-5-9-29-19/h5-10,12H,11H2,1-4H3. The number of carbonyl (C=O) groups is 2. The number of anilines is 2. The Balaban J connectivity index is 1.47. The van der Waals surface area contributed by atoms with Gasteiger partial charge in [-0.2, -0.15) is 0 Å². The van der Waals surface area contributed by atoms with Crippen LogP contribution < -0.4 is 4.90 Å². The van der Waals surface area contributed by atoms with Crippen molar-refractivity contribution in [3.8, 4) is 10.8 Å². The first-order chi connectivity index (χ1) is 15.3. The van der Waals surface area contributed by atoms with Gasteiger partial charge in [0, 0.05) is 17.2 Å². The molecular formula is C23H21N3O4S2. The van der Waals surface area contributed by atoms with Crippen molar-refractivity contribution in [2.75, 3.05) is 4.90 Å². The van der Waals surface area contributed by atoms with Crippen molar-refractivity contribution >= 4 is 45.4 Å². The summed E-state index contributed by atoms with van der Waals surface area (Å²) in [6, 6.07) is 9.39. The van der Waals surface area contributed by atoms with Crippen LogP contribution in [0.5, 0.6) is 0 Å². The first-order valence-electron chi connectivity index (χ1n) is 9.84. The minimum Gasteiger partial charge on any atom is -0.462 e. The number of esters is 1. The Hall–Kier alpha value is -3.30. The third-order valence-electron chi connectivity index (χ3n) is 4.87. The largest absolute Gasteiger partial charge is 0.462 e. The summed E-state index contributed by atoms with van der Waals surface area (Å²) < 4.78 is 10.8. The highest BCUT2D eigenvalue weighted by Gasteiger charge is 2.21. The summed E-state index contributed by atoms with van der Waals surface area (Å²) in [6.45, 7) is 7.32. The lowest BCUT2D eigenvalue weighted by Gasteiger charge is -2.19. The summed E-state index contributed by atoms with van der Waals surface area (Å²) >= 11 is 2.69. The van der Waals surface area contributed by atoms with Crippen LogP contribution in [0.4, 0.5) is 10.8 Å². The number of aryl methyl sites for hydroxylation is 3. The minimum atomic E-state index is -0.524. The molecule has 0 atom stereocenters. The van der Waals surface area contributed by atoms with Gasteiger partial charge in [0.2, 0.25) is 5.91 Å². The van der Waals surface area contributed by atoms with Crippen molar-refractivity contribution in [1.82, 2.24) is 9.97 Å². The van der Waals surface area contributed by atoms with Crippen LogP contribution >= 0.6 is 22.7 Å². The highest BCUT2D eigenvalue weighted by atomic mass is 32.1. The fourth-order valence-corrected chi connectivity index (χ4v) is 4.80. The van der Waals surface area contributed by atoms with E-state index in [0.717, 1.165) is 21.7 Å². The van der Waals surface area contributed by atoms with Crippen LogP contribution in [0, 0.1) is 20.8 Å². The molecule has 3 aromatic heterocycles. The number of ether oxygens (including phenoxy) is 1. The lowest BCUT2D eigenvalue weighted by atomic mass is 10.1. The second-order valence-electron chi connectivity index (χ2n) is 7.22. The number of rotatable bonds is 6. The van der Waals surface area contributed by atoms with E-state index < -0.39 is 5.97 Å². The first-order valence-corrected chi connectivity index (χ1v) is 11.5. The fraction of sp³-hybridized carbons (Fsp3) is 0.217. The fourth-order valence-electron chi connectivity index (χ4n) is 3.06. The lowest BCUT2D eigenvalue weighted by Crippen LogP contribution is -2.22. The van der Waals surface area contributed by atoms with E-state index in [0.29, 0.717) is 21.6 Å². The van der Waals surface area contributed by atoms with E-state index in [-0.39, 0.29) is 18.2 Å². The molecule has 1 amide bonds. The molecule has 3 heterocycles. The highest BCUT2D eigenvalue weighted by molar-refractivity contribution is 7.15. The number of aromatic nitrogens is 2. The van der Waals surface area contributed by atoms with E-state index in [2.05, 4.69) is 9.97 Å². The second-order valence-corrected chi connectivity index (χ2v) is 9.26. The zero-order valence-corrected chi connectivity index (χ0v) is 19.7. The van der Waals surface area contributed by atoms with Gasteiger partial charge in [0.15, 0.2) is 21.6 Å². The number of carbonyl (C=O) groups excluding carboxylic acids is 2. The van der Waals surface area contributed by atoms with E-state index in [9.17, 15) is 9.59 Å². The molecule has 0 aliphatic heterocycles. The van der Waals surface area contributed by atoms with Gasteiger partial charge in [-0.25, -0.2) is 14.8 Å². The molecule has 0 saturated heterocycles. The molecule has 32 heavy (non-hydrogen) atoms. The van der Waals surface area contributed by atoms with E-state index in [1.807, 2.05) is 39.0 Å². The van der Waals surface area contributed by atoms with E-state index in [1.165, 1.54) is 29.6 Å². The summed E-state index contributed by atoms with van der Waals surface area (Å²) in [6.07, 6.45) is 1.56. The van der Waals surface area contributed by atoms with Crippen molar-refractivity contribution in [3.63, 3.8) is 0 Å². The zero-order chi connectivity index (χ0) is 22.8. The van der Waals surface area contributed by atoms with Crippen LogP contribution in [-0.2, 0) is 16.1 Å². The monoisotopic (exact) mass is 467 g/mol. The summed E-state index contributed by atoms with van der Waals surface area (Å²) in [7, 11) is 0.